The molecule has 0 aliphatic carbocycles. The second-order valence-corrected chi connectivity index (χ2v) is 7.39. The molecule has 1 aromatic carbocycles. The topological polar surface area (TPSA) is 66.4 Å². The Balaban J connectivity index is 2.95. The number of aliphatic hydroxyl groups is 1. The Labute approximate surface area is 128 Å². The van der Waals surface area contributed by atoms with E-state index < -0.39 is 10.0 Å². The van der Waals surface area contributed by atoms with Crippen LogP contribution >= 0.6 is 0 Å². The molecule has 1 atom stereocenters. The lowest BCUT2D eigenvalue weighted by Gasteiger charge is -2.17. The van der Waals surface area contributed by atoms with Crippen molar-refractivity contribution in [2.24, 2.45) is 0 Å². The molecule has 0 amide bonds. The van der Waals surface area contributed by atoms with Crippen molar-refractivity contribution in [3.8, 4) is 0 Å². The minimum atomic E-state index is -3.54. The molecule has 0 heterocycles. The zero-order chi connectivity index (χ0) is 16.0. The molecule has 5 heteroatoms. The second kappa shape index (κ2) is 7.92. The Morgan fingerprint density at radius 1 is 1.24 bits per heavy atom. The largest absolute Gasteiger partial charge is 0.392 e. The SMILES string of the molecule is CCCCCC(C)NS(=O)(=O)c1cc(CO)cc(C)c1C. The summed E-state index contributed by atoms with van der Waals surface area (Å²) >= 11 is 0. The van der Waals surface area contributed by atoms with E-state index in [1.54, 1.807) is 13.0 Å². The van der Waals surface area contributed by atoms with Crippen molar-refractivity contribution in [3.05, 3.63) is 28.8 Å². The van der Waals surface area contributed by atoms with Gasteiger partial charge in [-0.1, -0.05) is 32.3 Å². The number of hydrogen-bond donors (Lipinski definition) is 2. The van der Waals surface area contributed by atoms with E-state index in [1.807, 2.05) is 19.9 Å². The van der Waals surface area contributed by atoms with Crippen LogP contribution in [0.15, 0.2) is 17.0 Å². The van der Waals surface area contributed by atoms with Crippen molar-refractivity contribution in [3.63, 3.8) is 0 Å². The summed E-state index contributed by atoms with van der Waals surface area (Å²) in [5.41, 5.74) is 2.23. The summed E-state index contributed by atoms with van der Waals surface area (Å²) in [5.74, 6) is 0. The number of hydrogen-bond acceptors (Lipinski definition) is 3. The third kappa shape index (κ3) is 5.09. The molecule has 0 saturated carbocycles. The molecule has 4 nitrogen and oxygen atoms in total. The number of benzene rings is 1. The van der Waals surface area contributed by atoms with Crippen LogP contribution in [-0.2, 0) is 16.6 Å². The molecular formula is C16H27NO3S. The van der Waals surface area contributed by atoms with Gasteiger partial charge in [-0.2, -0.15) is 0 Å². The van der Waals surface area contributed by atoms with Crippen molar-refractivity contribution in [1.82, 2.24) is 4.72 Å². The number of aryl methyl sites for hydroxylation is 1. The Kier molecular flexibility index (Phi) is 6.84. The minimum absolute atomic E-state index is 0.0842. The first-order valence-electron chi connectivity index (χ1n) is 7.55. The normalized spacial score (nSPS) is 13.4. The van der Waals surface area contributed by atoms with Gasteiger partial charge in [0.2, 0.25) is 10.0 Å². The summed E-state index contributed by atoms with van der Waals surface area (Å²) in [6, 6.07) is 3.29. The Morgan fingerprint density at radius 2 is 1.90 bits per heavy atom. The van der Waals surface area contributed by atoms with Gasteiger partial charge >= 0.3 is 0 Å². The molecule has 1 unspecified atom stereocenters. The van der Waals surface area contributed by atoms with E-state index in [-0.39, 0.29) is 17.5 Å². The van der Waals surface area contributed by atoms with Gasteiger partial charge in [0.15, 0.2) is 0 Å². The van der Waals surface area contributed by atoms with Crippen LogP contribution in [-0.4, -0.2) is 19.6 Å². The van der Waals surface area contributed by atoms with Gasteiger partial charge in [-0.05, 0) is 49.9 Å². The molecule has 0 spiro atoms. The zero-order valence-corrected chi connectivity index (χ0v) is 14.3. The maximum absolute atomic E-state index is 12.5. The standard InChI is InChI=1S/C16H27NO3S/c1-5-6-7-8-13(3)17-21(19,20)16-10-15(11-18)9-12(2)14(16)4/h9-10,13,17-18H,5-8,11H2,1-4H3. The first-order chi connectivity index (χ1) is 9.81. The van der Waals surface area contributed by atoms with E-state index in [9.17, 15) is 13.5 Å². The minimum Gasteiger partial charge on any atom is -0.392 e. The number of unbranched alkanes of at least 4 members (excludes halogenated alkanes) is 2. The molecule has 0 bridgehead atoms. The van der Waals surface area contributed by atoms with E-state index in [2.05, 4.69) is 11.6 Å². The highest BCUT2D eigenvalue weighted by molar-refractivity contribution is 7.89. The molecule has 1 aromatic rings. The first-order valence-corrected chi connectivity index (χ1v) is 9.03. The molecule has 1 rings (SSSR count). The Morgan fingerprint density at radius 3 is 2.48 bits per heavy atom. The van der Waals surface area contributed by atoms with Crippen LogP contribution in [0.25, 0.3) is 0 Å². The van der Waals surface area contributed by atoms with Gasteiger partial charge in [-0.25, -0.2) is 13.1 Å². The third-order valence-corrected chi connectivity index (χ3v) is 5.46. The highest BCUT2D eigenvalue weighted by Gasteiger charge is 2.21. The molecule has 120 valence electrons. The fraction of sp³-hybridized carbons (Fsp3) is 0.625. The molecule has 0 radical (unpaired) electrons. The quantitative estimate of drug-likeness (QED) is 0.725. The van der Waals surface area contributed by atoms with Crippen LogP contribution in [0.4, 0.5) is 0 Å². The molecule has 0 saturated heterocycles. The average Bonchev–Trinajstić information content (AvgIpc) is 2.41. The van der Waals surface area contributed by atoms with E-state index in [1.165, 1.54) is 0 Å². The van der Waals surface area contributed by atoms with E-state index in [0.717, 1.165) is 36.8 Å². The third-order valence-electron chi connectivity index (χ3n) is 3.75. The molecule has 0 aliphatic heterocycles. The van der Waals surface area contributed by atoms with Crippen LogP contribution in [0.1, 0.15) is 56.2 Å². The van der Waals surface area contributed by atoms with Crippen molar-refractivity contribution < 1.29 is 13.5 Å². The fourth-order valence-corrected chi connectivity index (χ4v) is 4.00. The van der Waals surface area contributed by atoms with Crippen LogP contribution in [0.2, 0.25) is 0 Å². The highest BCUT2D eigenvalue weighted by Crippen LogP contribution is 2.22. The van der Waals surface area contributed by atoms with Gasteiger partial charge in [0.25, 0.3) is 0 Å². The molecular weight excluding hydrogens is 286 g/mol. The molecule has 2 N–H and O–H groups in total. The van der Waals surface area contributed by atoms with Crippen molar-refractivity contribution in [1.29, 1.82) is 0 Å². The van der Waals surface area contributed by atoms with Gasteiger partial charge in [0, 0.05) is 6.04 Å². The monoisotopic (exact) mass is 313 g/mol. The maximum Gasteiger partial charge on any atom is 0.241 e. The lowest BCUT2D eigenvalue weighted by molar-refractivity contribution is 0.281. The summed E-state index contributed by atoms with van der Waals surface area (Å²) in [6.45, 7) is 7.52. The van der Waals surface area contributed by atoms with Gasteiger partial charge in [-0.15, -0.1) is 0 Å². The van der Waals surface area contributed by atoms with E-state index in [0.29, 0.717) is 5.56 Å². The van der Waals surface area contributed by atoms with Crippen molar-refractivity contribution in [2.75, 3.05) is 0 Å². The van der Waals surface area contributed by atoms with Crippen LogP contribution in [0.5, 0.6) is 0 Å². The van der Waals surface area contributed by atoms with Crippen LogP contribution in [0, 0.1) is 13.8 Å². The van der Waals surface area contributed by atoms with Crippen LogP contribution < -0.4 is 4.72 Å². The molecule has 0 aliphatic rings. The summed E-state index contributed by atoms with van der Waals surface area (Å²) in [5, 5.41) is 9.25. The summed E-state index contributed by atoms with van der Waals surface area (Å²) < 4.78 is 27.8. The molecule has 0 fully saturated rings. The van der Waals surface area contributed by atoms with Gasteiger partial charge in [0.05, 0.1) is 11.5 Å². The van der Waals surface area contributed by atoms with Gasteiger partial charge < -0.3 is 5.11 Å². The fourth-order valence-electron chi connectivity index (χ4n) is 2.36. The predicted molar refractivity (Wildman–Crippen MR) is 85.8 cm³/mol. The maximum atomic E-state index is 12.5. The summed E-state index contributed by atoms with van der Waals surface area (Å²) in [4.78, 5) is 0.272. The summed E-state index contributed by atoms with van der Waals surface area (Å²) in [6.07, 6.45) is 4.10. The Bertz CT molecular complexity index is 567. The zero-order valence-electron chi connectivity index (χ0n) is 13.4. The van der Waals surface area contributed by atoms with Crippen molar-refractivity contribution >= 4 is 10.0 Å². The van der Waals surface area contributed by atoms with E-state index >= 15 is 0 Å². The predicted octanol–water partition coefficient (Wildman–Crippen LogP) is 3.04. The smallest absolute Gasteiger partial charge is 0.241 e. The first kappa shape index (κ1) is 18.1. The van der Waals surface area contributed by atoms with Gasteiger partial charge in [0.1, 0.15) is 0 Å². The lowest BCUT2D eigenvalue weighted by atomic mass is 10.1. The van der Waals surface area contributed by atoms with Crippen LogP contribution in [0.3, 0.4) is 0 Å². The number of rotatable bonds is 8. The lowest BCUT2D eigenvalue weighted by Crippen LogP contribution is -2.33. The number of aliphatic hydroxyl groups excluding tert-OH is 1. The second-order valence-electron chi connectivity index (χ2n) is 5.71. The number of nitrogens with one attached hydrogen (secondary N) is 1. The molecule has 21 heavy (non-hydrogen) atoms. The van der Waals surface area contributed by atoms with Crippen molar-refractivity contribution in [2.45, 2.75) is 70.9 Å². The summed E-state index contributed by atoms with van der Waals surface area (Å²) in [7, 11) is -3.54. The Hall–Kier alpha value is -0.910. The highest BCUT2D eigenvalue weighted by atomic mass is 32.2. The average molecular weight is 313 g/mol. The van der Waals surface area contributed by atoms with E-state index in [4.69, 9.17) is 0 Å². The molecule has 0 aromatic heterocycles. The number of sulfonamides is 1. The van der Waals surface area contributed by atoms with Gasteiger partial charge in [-0.3, -0.25) is 0 Å².